The van der Waals surface area contributed by atoms with Crippen LogP contribution in [0.1, 0.15) is 18.9 Å². The third kappa shape index (κ3) is 5.73. The lowest BCUT2D eigenvalue weighted by Gasteiger charge is -2.35. The Labute approximate surface area is 194 Å². The number of benzene rings is 2. The summed E-state index contributed by atoms with van der Waals surface area (Å²) in [6, 6.07) is 7.00. The van der Waals surface area contributed by atoms with Gasteiger partial charge in [0.05, 0.1) is 28.4 Å². The molecule has 1 aliphatic rings. The Kier molecular flexibility index (Phi) is 7.03. The minimum Gasteiger partial charge on any atom is -0.486 e. The van der Waals surface area contributed by atoms with Crippen molar-refractivity contribution in [1.29, 1.82) is 0 Å². The summed E-state index contributed by atoms with van der Waals surface area (Å²) in [6.45, 7) is 1.08. The van der Waals surface area contributed by atoms with Gasteiger partial charge in [-0.3, -0.25) is 9.62 Å². The molecule has 0 fully saturated rings. The molecular formula is C20H21F3N2O7S2. The number of halogens is 3. The van der Waals surface area contributed by atoms with Crippen molar-refractivity contribution in [3.63, 3.8) is 0 Å². The van der Waals surface area contributed by atoms with E-state index in [2.05, 4.69) is 5.32 Å². The van der Waals surface area contributed by atoms with E-state index in [4.69, 9.17) is 9.84 Å². The number of nitrogens with one attached hydrogen (secondary N) is 1. The van der Waals surface area contributed by atoms with Gasteiger partial charge in [-0.05, 0) is 42.8 Å². The lowest BCUT2D eigenvalue weighted by Crippen LogP contribution is -2.44. The van der Waals surface area contributed by atoms with Gasteiger partial charge in [-0.1, -0.05) is 13.0 Å². The number of anilines is 2. The average Bonchev–Trinajstić information content (AvgIpc) is 2.76. The topological polar surface area (TPSA) is 130 Å². The number of amides is 1. The van der Waals surface area contributed by atoms with E-state index in [9.17, 15) is 34.8 Å². The zero-order valence-corrected chi connectivity index (χ0v) is 19.4. The molecule has 0 aliphatic carbocycles. The second-order valence-electron chi connectivity index (χ2n) is 7.44. The quantitative estimate of drug-likeness (QED) is 0.569. The van der Waals surface area contributed by atoms with E-state index >= 15 is 0 Å². The highest BCUT2D eigenvalue weighted by Crippen LogP contribution is 2.40. The lowest BCUT2D eigenvalue weighted by atomic mass is 10.2. The Bertz CT molecular complexity index is 1300. The number of hydrogen-bond acceptors (Lipinski definition) is 6. The number of rotatable bonds is 7. The normalized spacial score (nSPS) is 16.5. The van der Waals surface area contributed by atoms with E-state index in [0.717, 1.165) is 22.5 Å². The Morgan fingerprint density at radius 3 is 2.50 bits per heavy atom. The Balaban J connectivity index is 2.06. The third-order valence-electron chi connectivity index (χ3n) is 5.08. The molecule has 0 saturated carbocycles. The molecule has 9 nitrogen and oxygen atoms in total. The number of nitrogens with zero attached hydrogens (tertiary/aromatic N) is 1. The molecule has 3 rings (SSSR count). The molecule has 1 heterocycles. The van der Waals surface area contributed by atoms with E-state index in [1.165, 1.54) is 25.1 Å². The number of fused-ring (bicyclic) bond motifs is 1. The number of sulfonamides is 1. The van der Waals surface area contributed by atoms with Crippen LogP contribution in [0.3, 0.4) is 0 Å². The Morgan fingerprint density at radius 2 is 1.88 bits per heavy atom. The number of hydrogen-bond donors (Lipinski definition) is 2. The molecule has 1 amide bonds. The number of carboxylic acid groups (broad SMARTS) is 1. The second kappa shape index (κ2) is 9.33. The first-order chi connectivity index (χ1) is 15.7. The molecule has 2 aromatic carbocycles. The van der Waals surface area contributed by atoms with Gasteiger partial charge >= 0.3 is 12.3 Å². The summed E-state index contributed by atoms with van der Waals surface area (Å²) < 4.78 is 96.7. The largest absolute Gasteiger partial charge is 0.486 e. The average molecular weight is 523 g/mol. The number of carbonyl (C=O) groups is 1. The van der Waals surface area contributed by atoms with Crippen LogP contribution in [-0.2, 0) is 26.0 Å². The fourth-order valence-corrected chi connectivity index (χ4v) is 5.76. The third-order valence-corrected chi connectivity index (χ3v) is 8.60. The standard InChI is InChI=1S/C20H21F3N2O7S2/c1-2-33(28,29)9-8-15-12-25(17-11-14(24-19(26)27)6-7-18(17)32-15)34(30,31)16-5-3-4-13(10-16)20(21,22)23/h3-7,10-11,15,24H,2,8-9,12H2,1H3,(H,26,27). The maximum Gasteiger partial charge on any atom is 0.416 e. The monoisotopic (exact) mass is 522 g/mol. The van der Waals surface area contributed by atoms with Gasteiger partial charge in [-0.25, -0.2) is 21.6 Å². The van der Waals surface area contributed by atoms with Crippen molar-refractivity contribution in [3.8, 4) is 5.75 Å². The molecule has 0 aromatic heterocycles. The van der Waals surface area contributed by atoms with Crippen LogP contribution in [0, 0.1) is 0 Å². The van der Waals surface area contributed by atoms with E-state index in [0.29, 0.717) is 6.07 Å². The molecular weight excluding hydrogens is 501 g/mol. The second-order valence-corrected chi connectivity index (χ2v) is 11.8. The van der Waals surface area contributed by atoms with Crippen molar-refractivity contribution in [2.45, 2.75) is 30.5 Å². The maximum atomic E-state index is 13.4. The molecule has 186 valence electrons. The van der Waals surface area contributed by atoms with Crippen LogP contribution in [0.5, 0.6) is 5.75 Å². The van der Waals surface area contributed by atoms with Gasteiger partial charge in [0.2, 0.25) is 0 Å². The smallest absolute Gasteiger partial charge is 0.416 e. The highest BCUT2D eigenvalue weighted by atomic mass is 32.2. The molecule has 0 saturated heterocycles. The molecule has 1 atom stereocenters. The van der Waals surface area contributed by atoms with E-state index in [1.807, 2.05) is 0 Å². The van der Waals surface area contributed by atoms with Gasteiger partial charge in [0.15, 0.2) is 0 Å². The molecule has 14 heteroatoms. The zero-order valence-electron chi connectivity index (χ0n) is 17.7. The predicted octanol–water partition coefficient (Wildman–Crippen LogP) is 3.58. The fraction of sp³-hybridized carbons (Fsp3) is 0.350. The molecule has 0 spiro atoms. The molecule has 0 radical (unpaired) electrons. The van der Waals surface area contributed by atoms with Crippen LogP contribution in [0.25, 0.3) is 0 Å². The van der Waals surface area contributed by atoms with Gasteiger partial charge in [-0.15, -0.1) is 0 Å². The maximum absolute atomic E-state index is 13.4. The van der Waals surface area contributed by atoms with Gasteiger partial charge in [0, 0.05) is 11.4 Å². The van der Waals surface area contributed by atoms with Crippen LogP contribution in [0.15, 0.2) is 47.4 Å². The van der Waals surface area contributed by atoms with Gasteiger partial charge in [0.1, 0.15) is 21.7 Å². The van der Waals surface area contributed by atoms with Crippen LogP contribution in [0.2, 0.25) is 0 Å². The first-order valence-corrected chi connectivity index (χ1v) is 13.2. The van der Waals surface area contributed by atoms with Crippen LogP contribution < -0.4 is 14.4 Å². The zero-order chi connectivity index (χ0) is 25.3. The highest BCUT2D eigenvalue weighted by molar-refractivity contribution is 7.93. The first-order valence-electron chi connectivity index (χ1n) is 9.94. The van der Waals surface area contributed by atoms with Crippen LogP contribution in [0.4, 0.5) is 29.3 Å². The lowest BCUT2D eigenvalue weighted by molar-refractivity contribution is -0.137. The van der Waals surface area contributed by atoms with E-state index in [1.54, 1.807) is 0 Å². The minimum atomic E-state index is -4.77. The van der Waals surface area contributed by atoms with Crippen LogP contribution in [-0.4, -0.2) is 52.2 Å². The van der Waals surface area contributed by atoms with Crippen molar-refractivity contribution in [1.82, 2.24) is 0 Å². The first kappa shape index (κ1) is 25.6. The molecule has 0 bridgehead atoms. The van der Waals surface area contributed by atoms with Crippen molar-refractivity contribution in [2.24, 2.45) is 0 Å². The SMILES string of the molecule is CCS(=O)(=O)CCC1CN(S(=O)(=O)c2cccc(C(F)(F)F)c2)c2cc(NC(=O)O)ccc2O1. The number of ether oxygens (including phenoxy) is 1. The van der Waals surface area contributed by atoms with Crippen molar-refractivity contribution in [3.05, 3.63) is 48.0 Å². The summed E-state index contributed by atoms with van der Waals surface area (Å²) in [6.07, 6.45) is -7.15. The minimum absolute atomic E-state index is 0.00565. The summed E-state index contributed by atoms with van der Waals surface area (Å²) in [7, 11) is -7.96. The van der Waals surface area contributed by atoms with E-state index in [-0.39, 0.29) is 41.6 Å². The summed E-state index contributed by atoms with van der Waals surface area (Å²) in [5.74, 6) is -0.386. The van der Waals surface area contributed by atoms with Crippen LogP contribution >= 0.6 is 0 Å². The Hall–Kier alpha value is -3.00. The summed E-state index contributed by atoms with van der Waals surface area (Å²) in [5, 5.41) is 11.0. The number of sulfone groups is 1. The molecule has 1 unspecified atom stereocenters. The van der Waals surface area contributed by atoms with Gasteiger partial charge in [0.25, 0.3) is 10.0 Å². The molecule has 2 aromatic rings. The Morgan fingerprint density at radius 1 is 1.18 bits per heavy atom. The van der Waals surface area contributed by atoms with Gasteiger partial charge < -0.3 is 9.84 Å². The summed E-state index contributed by atoms with van der Waals surface area (Å²) >= 11 is 0. The van der Waals surface area contributed by atoms with E-state index < -0.39 is 48.7 Å². The molecule has 2 N–H and O–H groups in total. The molecule has 1 aliphatic heterocycles. The van der Waals surface area contributed by atoms with Gasteiger partial charge in [-0.2, -0.15) is 13.2 Å². The summed E-state index contributed by atoms with van der Waals surface area (Å²) in [4.78, 5) is 10.4. The van der Waals surface area contributed by atoms with Crippen molar-refractivity contribution in [2.75, 3.05) is 27.7 Å². The van der Waals surface area contributed by atoms with Crippen molar-refractivity contribution >= 4 is 37.3 Å². The highest BCUT2D eigenvalue weighted by Gasteiger charge is 2.37. The fourth-order valence-electron chi connectivity index (χ4n) is 3.31. The number of alkyl halides is 3. The summed E-state index contributed by atoms with van der Waals surface area (Å²) in [5.41, 5.74) is -1.25. The molecule has 34 heavy (non-hydrogen) atoms. The predicted molar refractivity (Wildman–Crippen MR) is 117 cm³/mol. The van der Waals surface area contributed by atoms with Crippen molar-refractivity contribution < 1.29 is 44.6 Å².